The molecule has 0 aliphatic carbocycles. The molecule has 1 aromatic carbocycles. The van der Waals surface area contributed by atoms with E-state index in [9.17, 15) is 9.18 Å². The number of anilines is 1. The van der Waals surface area contributed by atoms with Gasteiger partial charge in [0.15, 0.2) is 0 Å². The highest BCUT2D eigenvalue weighted by atomic mass is 19.1. The molecule has 1 amide bonds. The second-order valence-corrected chi connectivity index (χ2v) is 6.44. The van der Waals surface area contributed by atoms with Crippen molar-refractivity contribution in [3.63, 3.8) is 0 Å². The predicted molar refractivity (Wildman–Crippen MR) is 84.2 cm³/mol. The van der Waals surface area contributed by atoms with Crippen LogP contribution in [0.2, 0.25) is 0 Å². The molecule has 1 N–H and O–H groups in total. The van der Waals surface area contributed by atoms with Crippen molar-refractivity contribution >= 4 is 11.8 Å². The summed E-state index contributed by atoms with van der Waals surface area (Å²) in [5.41, 5.74) is 3.36. The Morgan fingerprint density at radius 1 is 1.36 bits per heavy atom. The van der Waals surface area contributed by atoms with Gasteiger partial charge in [0.2, 0.25) is 0 Å². The molecule has 1 aliphatic rings. The van der Waals surface area contributed by atoms with Gasteiger partial charge >= 0.3 is 6.09 Å². The molecule has 0 bridgehead atoms. The molecule has 1 unspecified atom stereocenters. The van der Waals surface area contributed by atoms with Crippen molar-refractivity contribution < 1.29 is 13.9 Å². The molecule has 1 heterocycles. The van der Waals surface area contributed by atoms with Gasteiger partial charge in [-0.05, 0) is 51.5 Å². The number of nitrogens with zero attached hydrogens (tertiary/aromatic N) is 2. The van der Waals surface area contributed by atoms with Crippen LogP contribution in [0.15, 0.2) is 24.3 Å². The van der Waals surface area contributed by atoms with E-state index in [1.807, 2.05) is 20.8 Å². The first-order valence-corrected chi connectivity index (χ1v) is 7.50. The molecular formula is C16H24FN3O2. The van der Waals surface area contributed by atoms with Crippen LogP contribution in [-0.2, 0) is 4.74 Å². The Bertz CT molecular complexity index is 513. The fraction of sp³-hybridized carbons (Fsp3) is 0.562. The highest BCUT2D eigenvalue weighted by Gasteiger charge is 2.33. The maximum absolute atomic E-state index is 13.0. The van der Waals surface area contributed by atoms with Gasteiger partial charge in [0, 0.05) is 25.8 Å². The molecule has 1 atom stereocenters. The first-order chi connectivity index (χ1) is 10.3. The van der Waals surface area contributed by atoms with Crippen molar-refractivity contribution in [2.24, 2.45) is 0 Å². The van der Waals surface area contributed by atoms with E-state index in [0.717, 1.165) is 18.7 Å². The first kappa shape index (κ1) is 16.5. The van der Waals surface area contributed by atoms with Crippen LogP contribution in [0, 0.1) is 5.82 Å². The number of amides is 1. The van der Waals surface area contributed by atoms with E-state index < -0.39 is 5.60 Å². The van der Waals surface area contributed by atoms with Gasteiger partial charge in [-0.3, -0.25) is 0 Å². The van der Waals surface area contributed by atoms with Gasteiger partial charge in [-0.1, -0.05) is 0 Å². The highest BCUT2D eigenvalue weighted by molar-refractivity contribution is 5.68. The number of carbonyl (C=O) groups is 1. The standard InChI is InChI=1S/C16H24FN3O2/c1-16(2,3)22-15(21)20(18-4)14-9-10-19(11-14)13-7-5-12(17)6-8-13/h5-8,14,18H,9-11H2,1-4H3. The maximum atomic E-state index is 13.0. The summed E-state index contributed by atoms with van der Waals surface area (Å²) in [6, 6.07) is 6.44. The summed E-state index contributed by atoms with van der Waals surface area (Å²) in [7, 11) is 1.71. The topological polar surface area (TPSA) is 44.8 Å². The van der Waals surface area contributed by atoms with Crippen molar-refractivity contribution in [2.75, 3.05) is 25.0 Å². The van der Waals surface area contributed by atoms with Gasteiger partial charge in [0.25, 0.3) is 0 Å². The zero-order chi connectivity index (χ0) is 16.3. The zero-order valence-corrected chi connectivity index (χ0v) is 13.6. The number of hydrazine groups is 1. The van der Waals surface area contributed by atoms with E-state index in [1.54, 1.807) is 19.2 Å². The maximum Gasteiger partial charge on any atom is 0.425 e. The molecule has 6 heteroatoms. The smallest absolute Gasteiger partial charge is 0.425 e. The normalized spacial score (nSPS) is 18.4. The highest BCUT2D eigenvalue weighted by Crippen LogP contribution is 2.23. The second-order valence-electron chi connectivity index (χ2n) is 6.44. The number of halogens is 1. The average molecular weight is 309 g/mol. The van der Waals surface area contributed by atoms with Crippen LogP contribution in [0.1, 0.15) is 27.2 Å². The van der Waals surface area contributed by atoms with Crippen LogP contribution in [0.5, 0.6) is 0 Å². The lowest BCUT2D eigenvalue weighted by Crippen LogP contribution is -2.50. The first-order valence-electron chi connectivity index (χ1n) is 7.50. The molecular weight excluding hydrogens is 285 g/mol. The van der Waals surface area contributed by atoms with Gasteiger partial charge in [-0.2, -0.15) is 0 Å². The molecule has 0 saturated carbocycles. The third-order valence-corrected chi connectivity index (χ3v) is 3.55. The van der Waals surface area contributed by atoms with Crippen LogP contribution in [-0.4, -0.2) is 42.9 Å². The van der Waals surface area contributed by atoms with Crippen LogP contribution >= 0.6 is 0 Å². The average Bonchev–Trinajstić information content (AvgIpc) is 2.88. The van der Waals surface area contributed by atoms with Crippen LogP contribution < -0.4 is 10.3 Å². The van der Waals surface area contributed by atoms with E-state index in [1.165, 1.54) is 17.1 Å². The molecule has 2 rings (SSSR count). The minimum absolute atomic E-state index is 0.0184. The van der Waals surface area contributed by atoms with Gasteiger partial charge in [-0.25, -0.2) is 19.6 Å². The summed E-state index contributed by atoms with van der Waals surface area (Å²) >= 11 is 0. The van der Waals surface area contributed by atoms with Gasteiger partial charge in [0.1, 0.15) is 11.4 Å². The SMILES string of the molecule is CNN(C(=O)OC(C)(C)C)C1CCN(c2ccc(F)cc2)C1. The summed E-state index contributed by atoms with van der Waals surface area (Å²) in [6.45, 7) is 7.04. The Balaban J connectivity index is 2.01. The molecule has 0 spiro atoms. The van der Waals surface area contributed by atoms with Crippen molar-refractivity contribution in [3.05, 3.63) is 30.1 Å². The third-order valence-electron chi connectivity index (χ3n) is 3.55. The van der Waals surface area contributed by atoms with Gasteiger partial charge < -0.3 is 9.64 Å². The van der Waals surface area contributed by atoms with Crippen molar-refractivity contribution in [3.8, 4) is 0 Å². The Morgan fingerprint density at radius 3 is 2.55 bits per heavy atom. The predicted octanol–water partition coefficient (Wildman–Crippen LogP) is 2.78. The molecule has 1 fully saturated rings. The molecule has 0 aromatic heterocycles. The number of ether oxygens (including phenoxy) is 1. The van der Waals surface area contributed by atoms with E-state index in [2.05, 4.69) is 10.3 Å². The van der Waals surface area contributed by atoms with Crippen molar-refractivity contribution in [1.29, 1.82) is 0 Å². The molecule has 22 heavy (non-hydrogen) atoms. The molecule has 0 radical (unpaired) electrons. The Morgan fingerprint density at radius 2 is 2.00 bits per heavy atom. The quantitative estimate of drug-likeness (QED) is 0.872. The van der Waals surface area contributed by atoms with Crippen LogP contribution in [0.25, 0.3) is 0 Å². The number of hydrogen-bond acceptors (Lipinski definition) is 4. The Hall–Kier alpha value is -1.82. The minimum atomic E-state index is -0.526. The third kappa shape index (κ3) is 4.10. The van der Waals surface area contributed by atoms with E-state index in [-0.39, 0.29) is 18.0 Å². The lowest BCUT2D eigenvalue weighted by molar-refractivity contribution is 0.00689. The minimum Gasteiger partial charge on any atom is -0.443 e. The Kier molecular flexibility index (Phi) is 4.90. The summed E-state index contributed by atoms with van der Waals surface area (Å²) < 4.78 is 18.4. The second kappa shape index (κ2) is 6.52. The molecule has 1 aliphatic heterocycles. The molecule has 5 nitrogen and oxygen atoms in total. The molecule has 1 saturated heterocycles. The summed E-state index contributed by atoms with van der Waals surface area (Å²) in [5, 5.41) is 1.54. The van der Waals surface area contributed by atoms with Crippen LogP contribution in [0.4, 0.5) is 14.9 Å². The summed E-state index contributed by atoms with van der Waals surface area (Å²) in [5.74, 6) is -0.245. The van der Waals surface area contributed by atoms with Gasteiger partial charge in [-0.15, -0.1) is 0 Å². The number of carbonyl (C=O) groups excluding carboxylic acids is 1. The number of rotatable bonds is 3. The van der Waals surface area contributed by atoms with Crippen molar-refractivity contribution in [2.45, 2.75) is 38.8 Å². The van der Waals surface area contributed by atoms with E-state index >= 15 is 0 Å². The van der Waals surface area contributed by atoms with Crippen molar-refractivity contribution in [1.82, 2.24) is 10.4 Å². The fourth-order valence-corrected chi connectivity index (χ4v) is 2.57. The Labute approximate surface area is 131 Å². The number of nitrogens with one attached hydrogen (secondary N) is 1. The molecule has 122 valence electrons. The zero-order valence-electron chi connectivity index (χ0n) is 13.6. The lowest BCUT2D eigenvalue weighted by atomic mass is 10.2. The monoisotopic (exact) mass is 309 g/mol. The fourth-order valence-electron chi connectivity index (χ4n) is 2.57. The van der Waals surface area contributed by atoms with E-state index in [4.69, 9.17) is 4.74 Å². The number of benzene rings is 1. The molecule has 1 aromatic rings. The summed E-state index contributed by atoms with van der Waals surface area (Å²) in [6.07, 6.45) is 0.457. The lowest BCUT2D eigenvalue weighted by Gasteiger charge is -2.30. The summed E-state index contributed by atoms with van der Waals surface area (Å²) in [4.78, 5) is 14.4. The van der Waals surface area contributed by atoms with E-state index in [0.29, 0.717) is 6.54 Å². The largest absolute Gasteiger partial charge is 0.443 e. The number of hydrogen-bond donors (Lipinski definition) is 1. The van der Waals surface area contributed by atoms with Crippen LogP contribution in [0.3, 0.4) is 0 Å². The van der Waals surface area contributed by atoms with Gasteiger partial charge in [0.05, 0.1) is 6.04 Å².